The molecule has 3 aromatic rings. The molecule has 0 radical (unpaired) electrons. The third-order valence-electron chi connectivity index (χ3n) is 9.87. The Morgan fingerprint density at radius 3 is 2.57 bits per heavy atom. The molecule has 0 aliphatic carbocycles. The summed E-state index contributed by atoms with van der Waals surface area (Å²) in [7, 11) is 0. The lowest BCUT2D eigenvalue weighted by atomic mass is 9.86. The van der Waals surface area contributed by atoms with E-state index in [1.165, 1.54) is 19.3 Å². The van der Waals surface area contributed by atoms with E-state index in [2.05, 4.69) is 4.90 Å². The predicted octanol–water partition coefficient (Wildman–Crippen LogP) is 4.02. The first-order valence-corrected chi connectivity index (χ1v) is 15.8. The number of nitrogens with zero attached hydrogens (tertiary/aromatic N) is 4. The van der Waals surface area contributed by atoms with Crippen LogP contribution in [0.1, 0.15) is 74.6 Å². The number of aryl methyl sites for hydroxylation is 1. The maximum atomic E-state index is 13.6. The van der Waals surface area contributed by atoms with Crippen molar-refractivity contribution in [3.8, 4) is 17.1 Å². The molecule has 44 heavy (non-hydrogen) atoms. The summed E-state index contributed by atoms with van der Waals surface area (Å²) in [5.41, 5.74) is 2.18. The number of likely N-dealkylation sites (tertiary alicyclic amines) is 1. The second-order valence-electron chi connectivity index (χ2n) is 12.3. The Morgan fingerprint density at radius 2 is 1.84 bits per heavy atom. The molecule has 0 spiro atoms. The van der Waals surface area contributed by atoms with Crippen LogP contribution in [-0.4, -0.2) is 69.0 Å². The first-order valence-electron chi connectivity index (χ1n) is 15.8. The van der Waals surface area contributed by atoms with Gasteiger partial charge in [-0.05, 0) is 81.4 Å². The molecule has 11 heteroatoms. The van der Waals surface area contributed by atoms with E-state index in [1.807, 2.05) is 6.92 Å². The van der Waals surface area contributed by atoms with E-state index in [-0.39, 0.29) is 24.2 Å². The lowest BCUT2D eigenvalue weighted by molar-refractivity contribution is -0.172. The molecule has 0 bridgehead atoms. The quantitative estimate of drug-likeness (QED) is 0.265. The summed E-state index contributed by atoms with van der Waals surface area (Å²) in [5, 5.41) is 13.7. The maximum absolute atomic E-state index is 13.6. The van der Waals surface area contributed by atoms with Crippen molar-refractivity contribution in [1.82, 2.24) is 19.5 Å². The minimum Gasteiger partial charge on any atom is -0.458 e. The first kappa shape index (κ1) is 28.9. The number of hydrogen-bond acceptors (Lipinski definition) is 10. The zero-order valence-corrected chi connectivity index (χ0v) is 25.3. The van der Waals surface area contributed by atoms with Crippen molar-refractivity contribution < 1.29 is 29.0 Å². The van der Waals surface area contributed by atoms with E-state index in [0.29, 0.717) is 60.3 Å². The molecule has 11 nitrogen and oxygen atoms in total. The summed E-state index contributed by atoms with van der Waals surface area (Å²) in [6.07, 6.45) is 5.76. The fraction of sp³-hybridized carbons (Fsp3) is 0.515. The average Bonchev–Trinajstić information content (AvgIpc) is 3.41. The van der Waals surface area contributed by atoms with Crippen molar-refractivity contribution >= 4 is 23.0 Å². The van der Waals surface area contributed by atoms with Crippen LogP contribution in [0.15, 0.2) is 29.1 Å². The SMILES string of the molecule is CCc1c2c(nc3ccc(OC(=O)ON4CCC(N5CCCCC5)CC4)cc13)-c1cc3c(c(=O)n1C2)COC(=O)C3(O)CC. The van der Waals surface area contributed by atoms with Crippen LogP contribution >= 0.6 is 0 Å². The van der Waals surface area contributed by atoms with Gasteiger partial charge in [0.25, 0.3) is 5.56 Å². The Hall–Kier alpha value is -3.80. The number of ether oxygens (including phenoxy) is 2. The van der Waals surface area contributed by atoms with Crippen molar-refractivity contribution in [2.75, 3.05) is 26.2 Å². The van der Waals surface area contributed by atoms with E-state index < -0.39 is 17.7 Å². The monoisotopic (exact) mass is 602 g/mol. The van der Waals surface area contributed by atoms with Crippen LogP contribution in [0.25, 0.3) is 22.3 Å². The number of hydroxylamine groups is 2. The van der Waals surface area contributed by atoms with Crippen LogP contribution in [0, 0.1) is 0 Å². The average molecular weight is 603 g/mol. The van der Waals surface area contributed by atoms with Gasteiger partial charge in [0.2, 0.25) is 0 Å². The standard InChI is InChI=1S/C33H38N4O7/c1-3-22-23-16-21(43-32(40)44-36-14-10-20(11-15-36)35-12-6-5-7-13-35)8-9-27(23)34-29-24(22)18-37-28(29)17-26-25(30(37)38)19-42-31(39)33(26,41)4-2/h8-9,16-17,20,41H,3-7,10-15,18-19H2,1-2H3. The number of aliphatic hydroxyl groups is 1. The molecule has 1 N–H and O–H groups in total. The largest absolute Gasteiger partial charge is 0.533 e. The Bertz CT molecular complexity index is 1700. The molecule has 7 rings (SSSR count). The molecule has 4 aliphatic rings. The molecule has 6 heterocycles. The van der Waals surface area contributed by atoms with Gasteiger partial charge in [-0.25, -0.2) is 14.6 Å². The fourth-order valence-electron chi connectivity index (χ4n) is 7.41. The van der Waals surface area contributed by atoms with Crippen molar-refractivity contribution in [2.24, 2.45) is 0 Å². The van der Waals surface area contributed by atoms with Crippen LogP contribution < -0.4 is 10.3 Å². The number of fused-ring (bicyclic) bond motifs is 5. The highest BCUT2D eigenvalue weighted by molar-refractivity contribution is 5.90. The van der Waals surface area contributed by atoms with Crippen LogP contribution in [-0.2, 0) is 39.5 Å². The van der Waals surface area contributed by atoms with Crippen molar-refractivity contribution in [1.29, 1.82) is 0 Å². The minimum absolute atomic E-state index is 0.0854. The Morgan fingerprint density at radius 1 is 1.07 bits per heavy atom. The Balaban J connectivity index is 1.12. The van der Waals surface area contributed by atoms with Gasteiger partial charge in [-0.2, -0.15) is 0 Å². The predicted molar refractivity (Wildman–Crippen MR) is 161 cm³/mol. The molecule has 2 fully saturated rings. The van der Waals surface area contributed by atoms with Crippen molar-refractivity contribution in [3.05, 3.63) is 56.9 Å². The third kappa shape index (κ3) is 4.78. The second-order valence-corrected chi connectivity index (χ2v) is 12.3. The van der Waals surface area contributed by atoms with Gasteiger partial charge < -0.3 is 28.9 Å². The summed E-state index contributed by atoms with van der Waals surface area (Å²) in [6, 6.07) is 7.54. The number of carbonyl (C=O) groups is 2. The van der Waals surface area contributed by atoms with Gasteiger partial charge in [-0.1, -0.05) is 20.3 Å². The van der Waals surface area contributed by atoms with Gasteiger partial charge in [0.1, 0.15) is 12.4 Å². The molecule has 2 saturated heterocycles. The molecular weight excluding hydrogens is 564 g/mol. The van der Waals surface area contributed by atoms with E-state index in [9.17, 15) is 19.5 Å². The van der Waals surface area contributed by atoms with Gasteiger partial charge in [0, 0.05) is 35.6 Å². The number of carbonyl (C=O) groups excluding carboxylic acids is 2. The zero-order chi connectivity index (χ0) is 30.6. The number of cyclic esters (lactones) is 1. The molecule has 1 atom stereocenters. The Labute approximate surface area is 255 Å². The minimum atomic E-state index is -1.88. The van der Waals surface area contributed by atoms with E-state index >= 15 is 0 Å². The van der Waals surface area contributed by atoms with Crippen LogP contribution in [0.5, 0.6) is 5.75 Å². The highest BCUT2D eigenvalue weighted by Gasteiger charge is 2.45. The van der Waals surface area contributed by atoms with Gasteiger partial charge >= 0.3 is 12.1 Å². The fourth-order valence-corrected chi connectivity index (χ4v) is 7.41. The molecule has 4 aliphatic heterocycles. The van der Waals surface area contributed by atoms with Crippen molar-refractivity contribution in [2.45, 2.75) is 83.6 Å². The number of aromatic nitrogens is 2. The van der Waals surface area contributed by atoms with E-state index in [1.54, 1.807) is 40.8 Å². The molecule has 232 valence electrons. The van der Waals surface area contributed by atoms with Gasteiger partial charge in [-0.3, -0.25) is 4.79 Å². The number of piperidine rings is 2. The van der Waals surface area contributed by atoms with E-state index in [0.717, 1.165) is 42.4 Å². The summed E-state index contributed by atoms with van der Waals surface area (Å²) in [4.78, 5) is 51.8. The third-order valence-corrected chi connectivity index (χ3v) is 9.87. The van der Waals surface area contributed by atoms with E-state index in [4.69, 9.17) is 19.3 Å². The molecule has 2 aromatic heterocycles. The van der Waals surface area contributed by atoms with Crippen LogP contribution in [0.3, 0.4) is 0 Å². The first-order chi connectivity index (χ1) is 21.3. The number of hydrogen-bond donors (Lipinski definition) is 1. The number of rotatable bonds is 5. The van der Waals surface area contributed by atoms with Crippen LogP contribution in [0.2, 0.25) is 0 Å². The molecule has 0 saturated carbocycles. The number of pyridine rings is 2. The smallest absolute Gasteiger partial charge is 0.458 e. The summed E-state index contributed by atoms with van der Waals surface area (Å²) in [5.74, 6) is -0.391. The summed E-state index contributed by atoms with van der Waals surface area (Å²) >= 11 is 0. The van der Waals surface area contributed by atoms with Gasteiger partial charge in [0.15, 0.2) is 5.60 Å². The molecule has 1 unspecified atom stereocenters. The normalized spacial score (nSPS) is 22.3. The topological polar surface area (TPSA) is 123 Å². The highest BCUT2D eigenvalue weighted by atomic mass is 16.8. The maximum Gasteiger partial charge on any atom is 0.533 e. The van der Waals surface area contributed by atoms with Gasteiger partial charge in [-0.15, -0.1) is 5.06 Å². The second kappa shape index (κ2) is 11.3. The summed E-state index contributed by atoms with van der Waals surface area (Å²) in [6.45, 7) is 7.55. The highest BCUT2D eigenvalue weighted by Crippen LogP contribution is 2.40. The lowest BCUT2D eigenvalue weighted by Gasteiger charge is -2.39. The molecule has 1 aromatic carbocycles. The Kier molecular flexibility index (Phi) is 7.42. The molecular formula is C33H38N4O7. The van der Waals surface area contributed by atoms with Crippen LogP contribution in [0.4, 0.5) is 4.79 Å². The zero-order valence-electron chi connectivity index (χ0n) is 25.3. The number of benzene rings is 1. The van der Waals surface area contributed by atoms with Gasteiger partial charge in [0.05, 0.1) is 29.0 Å². The number of esters is 1. The summed E-state index contributed by atoms with van der Waals surface area (Å²) < 4.78 is 12.4. The van der Waals surface area contributed by atoms with Crippen molar-refractivity contribution in [3.63, 3.8) is 0 Å². The lowest BCUT2D eigenvalue weighted by Crippen LogP contribution is -2.47. The molecule has 0 amide bonds.